The first kappa shape index (κ1) is 25.4. The van der Waals surface area contributed by atoms with Gasteiger partial charge in [0.25, 0.3) is 5.82 Å². The molecule has 0 spiro atoms. The normalized spacial score (nSPS) is 13.3. The van der Waals surface area contributed by atoms with Gasteiger partial charge in [0.05, 0.1) is 21.5 Å². The van der Waals surface area contributed by atoms with Gasteiger partial charge in [-0.3, -0.25) is 9.36 Å². The Balaban J connectivity index is 1.77. The van der Waals surface area contributed by atoms with Crippen molar-refractivity contribution >= 4 is 35.3 Å². The molecular formula is C21H20F6N4O2SSi. The minimum atomic E-state index is -4.93. The molecule has 0 saturated heterocycles. The molecule has 4 aromatic rings. The molecule has 0 N–H and O–H groups in total. The van der Waals surface area contributed by atoms with E-state index in [4.69, 9.17) is 4.74 Å². The van der Waals surface area contributed by atoms with Crippen molar-refractivity contribution in [2.45, 2.75) is 44.8 Å². The number of hydrogen-bond acceptors (Lipinski definition) is 5. The molecular weight excluding hydrogens is 514 g/mol. The SMILES string of the molecule is C[Si](C)(C)CCOCn1c(=O)sc2cc(-c3cc(C(F)(F)F)cc4nc(C(F)(F)F)nn34)ccc21. The zero-order valence-electron chi connectivity index (χ0n) is 18.8. The number of nitrogens with zero attached hydrogens (tertiary/aromatic N) is 4. The highest BCUT2D eigenvalue weighted by atomic mass is 32.1. The number of thiazole rings is 1. The summed E-state index contributed by atoms with van der Waals surface area (Å²) in [5.41, 5.74) is -1.33. The molecule has 35 heavy (non-hydrogen) atoms. The lowest BCUT2D eigenvalue weighted by Crippen LogP contribution is -2.23. The van der Waals surface area contributed by atoms with E-state index in [9.17, 15) is 31.1 Å². The van der Waals surface area contributed by atoms with Crippen molar-refractivity contribution in [3.05, 3.63) is 51.4 Å². The maximum Gasteiger partial charge on any atom is 0.453 e. The van der Waals surface area contributed by atoms with Crippen LogP contribution in [0.1, 0.15) is 11.4 Å². The number of halogens is 6. The number of benzene rings is 1. The van der Waals surface area contributed by atoms with Gasteiger partial charge in [-0.2, -0.15) is 26.3 Å². The average molecular weight is 535 g/mol. The maximum absolute atomic E-state index is 13.4. The van der Waals surface area contributed by atoms with E-state index in [0.717, 1.165) is 21.9 Å². The van der Waals surface area contributed by atoms with Gasteiger partial charge >= 0.3 is 17.2 Å². The molecule has 0 bridgehead atoms. The molecule has 1 aromatic carbocycles. The first-order chi connectivity index (χ1) is 16.1. The van der Waals surface area contributed by atoms with Gasteiger partial charge in [-0.15, -0.1) is 5.10 Å². The van der Waals surface area contributed by atoms with Crippen LogP contribution in [0.15, 0.2) is 35.1 Å². The predicted molar refractivity (Wildman–Crippen MR) is 122 cm³/mol. The van der Waals surface area contributed by atoms with Gasteiger partial charge in [0.15, 0.2) is 5.65 Å². The molecule has 4 rings (SSSR count). The number of hydrogen-bond donors (Lipinski definition) is 0. The Kier molecular flexibility index (Phi) is 6.34. The molecule has 0 aliphatic rings. The van der Waals surface area contributed by atoms with E-state index in [2.05, 4.69) is 29.7 Å². The van der Waals surface area contributed by atoms with Crippen LogP contribution in [0, 0.1) is 0 Å². The van der Waals surface area contributed by atoms with Gasteiger partial charge in [-0.1, -0.05) is 37.0 Å². The smallest absolute Gasteiger partial charge is 0.361 e. The zero-order chi connectivity index (χ0) is 25.8. The summed E-state index contributed by atoms with van der Waals surface area (Å²) in [6.07, 6.45) is -9.75. The number of alkyl halides is 6. The van der Waals surface area contributed by atoms with Gasteiger partial charge in [-0.05, 0) is 30.3 Å². The fourth-order valence-corrected chi connectivity index (χ4v) is 5.03. The van der Waals surface area contributed by atoms with E-state index in [0.29, 0.717) is 29.0 Å². The van der Waals surface area contributed by atoms with Crippen molar-refractivity contribution in [2.75, 3.05) is 6.61 Å². The van der Waals surface area contributed by atoms with Crippen molar-refractivity contribution < 1.29 is 31.1 Å². The molecule has 0 aliphatic heterocycles. The van der Waals surface area contributed by atoms with Crippen molar-refractivity contribution in [1.82, 2.24) is 19.2 Å². The molecule has 6 nitrogen and oxygen atoms in total. The Hall–Kier alpha value is -2.71. The topological polar surface area (TPSA) is 61.4 Å². The first-order valence-electron chi connectivity index (χ1n) is 10.4. The molecule has 0 unspecified atom stereocenters. The molecule has 0 saturated carbocycles. The third-order valence-electron chi connectivity index (χ3n) is 5.20. The van der Waals surface area contributed by atoms with Crippen LogP contribution in [0.3, 0.4) is 0 Å². The van der Waals surface area contributed by atoms with Crippen LogP contribution in [-0.2, 0) is 23.8 Å². The van der Waals surface area contributed by atoms with Crippen LogP contribution in [0.4, 0.5) is 26.3 Å². The highest BCUT2D eigenvalue weighted by Crippen LogP contribution is 2.35. The Morgan fingerprint density at radius 3 is 2.37 bits per heavy atom. The Bertz CT molecular complexity index is 1450. The fraction of sp³-hybridized carbons (Fsp3) is 0.381. The van der Waals surface area contributed by atoms with Crippen LogP contribution in [0.25, 0.3) is 27.1 Å². The van der Waals surface area contributed by atoms with E-state index < -0.39 is 37.5 Å². The van der Waals surface area contributed by atoms with Gasteiger partial charge in [0.1, 0.15) is 6.73 Å². The number of aromatic nitrogens is 4. The lowest BCUT2D eigenvalue weighted by atomic mass is 10.1. The van der Waals surface area contributed by atoms with Crippen molar-refractivity contribution in [2.24, 2.45) is 0 Å². The van der Waals surface area contributed by atoms with E-state index in [1.807, 2.05) is 0 Å². The monoisotopic (exact) mass is 534 g/mol. The van der Waals surface area contributed by atoms with Crippen molar-refractivity contribution in [3.8, 4) is 11.3 Å². The first-order valence-corrected chi connectivity index (χ1v) is 14.9. The summed E-state index contributed by atoms with van der Waals surface area (Å²) in [6, 6.07) is 6.54. The molecule has 188 valence electrons. The molecule has 0 atom stereocenters. The highest BCUT2D eigenvalue weighted by Gasteiger charge is 2.38. The quantitative estimate of drug-likeness (QED) is 0.170. The minimum absolute atomic E-state index is 0.0223. The van der Waals surface area contributed by atoms with Crippen LogP contribution in [0.2, 0.25) is 25.7 Å². The minimum Gasteiger partial charge on any atom is -0.361 e. The van der Waals surface area contributed by atoms with Crippen LogP contribution >= 0.6 is 11.3 Å². The second-order valence-corrected chi connectivity index (χ2v) is 15.8. The van der Waals surface area contributed by atoms with Crippen LogP contribution in [0.5, 0.6) is 0 Å². The second kappa shape index (κ2) is 8.75. The molecule has 3 aromatic heterocycles. The van der Waals surface area contributed by atoms with E-state index >= 15 is 0 Å². The maximum atomic E-state index is 13.4. The second-order valence-electron chi connectivity index (χ2n) is 9.16. The summed E-state index contributed by atoms with van der Waals surface area (Å²) in [7, 11) is -1.32. The van der Waals surface area contributed by atoms with Gasteiger partial charge in [0.2, 0.25) is 0 Å². The number of fused-ring (bicyclic) bond motifs is 2. The Morgan fingerprint density at radius 1 is 1.03 bits per heavy atom. The van der Waals surface area contributed by atoms with Crippen LogP contribution < -0.4 is 4.87 Å². The molecule has 14 heteroatoms. The third-order valence-corrected chi connectivity index (χ3v) is 7.84. The molecule has 0 aliphatic carbocycles. The van der Waals surface area contributed by atoms with E-state index in [1.54, 1.807) is 0 Å². The number of pyridine rings is 1. The summed E-state index contributed by atoms with van der Waals surface area (Å²) in [5, 5.41) is 3.39. The Labute approximate surface area is 199 Å². The lowest BCUT2D eigenvalue weighted by molar-refractivity contribution is -0.144. The van der Waals surface area contributed by atoms with Gasteiger partial charge < -0.3 is 4.74 Å². The summed E-state index contributed by atoms with van der Waals surface area (Å²) < 4.78 is 88.0. The predicted octanol–water partition coefficient (Wildman–Crippen LogP) is 6.12. The zero-order valence-corrected chi connectivity index (χ0v) is 20.6. The molecule has 0 amide bonds. The number of ether oxygens (including phenoxy) is 1. The van der Waals surface area contributed by atoms with Gasteiger partial charge in [0, 0.05) is 20.2 Å². The standard InChI is InChI=1S/C21H20F6N4O2SSi/c1-35(2,3)7-6-33-11-30-14-5-4-12(8-16(14)34-19(30)32)15-9-13(20(22,23)24)10-17-28-18(21(25,26)27)29-31(15)17/h4-5,8-10H,6-7,11H2,1-3H3. The fourth-order valence-electron chi connectivity index (χ4n) is 3.36. The Morgan fingerprint density at radius 2 is 1.74 bits per heavy atom. The summed E-state index contributed by atoms with van der Waals surface area (Å²) in [6.45, 7) is 7.10. The van der Waals surface area contributed by atoms with Crippen molar-refractivity contribution in [3.63, 3.8) is 0 Å². The average Bonchev–Trinajstić information content (AvgIpc) is 3.29. The summed E-state index contributed by atoms with van der Waals surface area (Å²) in [4.78, 5) is 15.4. The van der Waals surface area contributed by atoms with E-state index in [1.165, 1.54) is 22.8 Å². The third kappa shape index (κ3) is 5.43. The highest BCUT2D eigenvalue weighted by molar-refractivity contribution is 7.16. The molecule has 0 fully saturated rings. The van der Waals surface area contributed by atoms with Crippen molar-refractivity contribution in [1.29, 1.82) is 0 Å². The van der Waals surface area contributed by atoms with Gasteiger partial charge in [-0.25, -0.2) is 9.50 Å². The molecule has 3 heterocycles. The largest absolute Gasteiger partial charge is 0.453 e. The summed E-state index contributed by atoms with van der Waals surface area (Å²) >= 11 is 0.864. The molecule has 0 radical (unpaired) electrons. The van der Waals surface area contributed by atoms with Crippen LogP contribution in [-0.4, -0.2) is 33.8 Å². The summed E-state index contributed by atoms with van der Waals surface area (Å²) in [5.74, 6) is -1.55. The number of rotatable bonds is 6. The lowest BCUT2D eigenvalue weighted by Gasteiger charge is -2.15. The van der Waals surface area contributed by atoms with E-state index in [-0.39, 0.29) is 22.9 Å².